The van der Waals surface area contributed by atoms with Crippen LogP contribution in [-0.2, 0) is 0 Å². The van der Waals surface area contributed by atoms with Gasteiger partial charge >= 0.3 is 0 Å². The van der Waals surface area contributed by atoms with Gasteiger partial charge in [-0.1, -0.05) is 15.9 Å². The SMILES string of the molecule is O=C(Nc1ccc(Br)cc1)c1cc2ccc(F)cc2[nH]c1=O. The number of nitrogens with one attached hydrogen (secondary N) is 2. The van der Waals surface area contributed by atoms with Crippen LogP contribution in [0.25, 0.3) is 10.9 Å². The number of aromatic nitrogens is 1. The molecule has 0 saturated carbocycles. The molecule has 0 saturated heterocycles. The summed E-state index contributed by atoms with van der Waals surface area (Å²) in [7, 11) is 0. The predicted octanol–water partition coefficient (Wildman–Crippen LogP) is 3.68. The normalized spacial score (nSPS) is 10.6. The van der Waals surface area contributed by atoms with Gasteiger partial charge in [-0.05, 0) is 53.9 Å². The predicted molar refractivity (Wildman–Crippen MR) is 86.6 cm³/mol. The van der Waals surface area contributed by atoms with E-state index in [9.17, 15) is 14.0 Å². The van der Waals surface area contributed by atoms with Crippen LogP contribution in [0.15, 0.2) is 57.8 Å². The minimum absolute atomic E-state index is 0.0259. The molecule has 0 unspecified atom stereocenters. The topological polar surface area (TPSA) is 62.0 Å². The number of halogens is 2. The molecule has 3 aromatic rings. The zero-order valence-corrected chi connectivity index (χ0v) is 12.8. The molecule has 0 spiro atoms. The zero-order valence-electron chi connectivity index (χ0n) is 11.2. The van der Waals surface area contributed by atoms with E-state index < -0.39 is 17.3 Å². The molecule has 0 aliphatic heterocycles. The summed E-state index contributed by atoms with van der Waals surface area (Å²) in [6.07, 6.45) is 0. The first-order valence-corrected chi connectivity index (χ1v) is 7.22. The Hall–Kier alpha value is -2.47. The van der Waals surface area contributed by atoms with E-state index in [4.69, 9.17) is 0 Å². The Labute approximate surface area is 133 Å². The van der Waals surface area contributed by atoms with Crippen molar-refractivity contribution in [2.45, 2.75) is 0 Å². The third-order valence-electron chi connectivity index (χ3n) is 3.15. The van der Waals surface area contributed by atoms with Crippen LogP contribution in [0.3, 0.4) is 0 Å². The Bertz CT molecular complexity index is 920. The van der Waals surface area contributed by atoms with Crippen LogP contribution in [0.1, 0.15) is 10.4 Å². The van der Waals surface area contributed by atoms with Gasteiger partial charge in [0.05, 0.1) is 5.52 Å². The fourth-order valence-corrected chi connectivity index (χ4v) is 2.34. The largest absolute Gasteiger partial charge is 0.322 e. The van der Waals surface area contributed by atoms with Crippen LogP contribution < -0.4 is 10.9 Å². The van der Waals surface area contributed by atoms with Gasteiger partial charge in [0, 0.05) is 10.2 Å². The van der Waals surface area contributed by atoms with E-state index in [1.165, 1.54) is 24.3 Å². The highest BCUT2D eigenvalue weighted by atomic mass is 79.9. The van der Waals surface area contributed by atoms with E-state index in [2.05, 4.69) is 26.2 Å². The molecule has 0 fully saturated rings. The van der Waals surface area contributed by atoms with Crippen LogP contribution >= 0.6 is 15.9 Å². The molecule has 0 aliphatic carbocycles. The molecule has 1 aromatic heterocycles. The van der Waals surface area contributed by atoms with Crippen molar-refractivity contribution in [2.24, 2.45) is 0 Å². The number of benzene rings is 2. The monoisotopic (exact) mass is 360 g/mol. The summed E-state index contributed by atoms with van der Waals surface area (Å²) < 4.78 is 14.0. The summed E-state index contributed by atoms with van der Waals surface area (Å²) in [5, 5.41) is 3.23. The Balaban J connectivity index is 1.96. The van der Waals surface area contributed by atoms with E-state index in [0.29, 0.717) is 16.6 Å². The summed E-state index contributed by atoms with van der Waals surface area (Å²) in [5.74, 6) is -0.968. The van der Waals surface area contributed by atoms with Gasteiger partial charge in [-0.3, -0.25) is 9.59 Å². The number of carbonyl (C=O) groups is 1. The molecule has 0 atom stereocenters. The second-order valence-corrected chi connectivity index (χ2v) is 5.62. The lowest BCUT2D eigenvalue weighted by Gasteiger charge is -2.06. The third kappa shape index (κ3) is 2.92. The summed E-state index contributed by atoms with van der Waals surface area (Å²) in [5.41, 5.74) is 0.340. The average molecular weight is 361 g/mol. The van der Waals surface area contributed by atoms with Gasteiger partial charge in [-0.2, -0.15) is 0 Å². The van der Waals surface area contributed by atoms with Crippen LogP contribution in [-0.4, -0.2) is 10.9 Å². The molecule has 0 bridgehead atoms. The van der Waals surface area contributed by atoms with Crippen molar-refractivity contribution in [2.75, 3.05) is 5.32 Å². The molecular weight excluding hydrogens is 351 g/mol. The first kappa shape index (κ1) is 14.5. The molecule has 22 heavy (non-hydrogen) atoms. The quantitative estimate of drug-likeness (QED) is 0.732. The summed E-state index contributed by atoms with van der Waals surface area (Å²) in [4.78, 5) is 26.7. The van der Waals surface area contributed by atoms with Crippen LogP contribution in [0, 0.1) is 5.82 Å². The Kier molecular flexibility index (Phi) is 3.77. The number of fused-ring (bicyclic) bond motifs is 1. The molecule has 0 aliphatic rings. The Morgan fingerprint density at radius 2 is 1.82 bits per heavy atom. The standard InChI is InChI=1S/C16H10BrFN2O2/c17-10-2-5-12(6-3-10)19-15(21)13-7-9-1-4-11(18)8-14(9)20-16(13)22/h1-8H,(H,19,21)(H,20,22). The molecule has 1 heterocycles. The van der Waals surface area contributed by atoms with Crippen molar-refractivity contribution in [1.82, 2.24) is 4.98 Å². The van der Waals surface area contributed by atoms with E-state index in [1.54, 1.807) is 24.3 Å². The smallest absolute Gasteiger partial charge is 0.261 e. The second-order valence-electron chi connectivity index (χ2n) is 4.70. The van der Waals surface area contributed by atoms with Crippen molar-refractivity contribution < 1.29 is 9.18 Å². The van der Waals surface area contributed by atoms with Crippen molar-refractivity contribution in [3.8, 4) is 0 Å². The molecule has 110 valence electrons. The maximum atomic E-state index is 13.1. The first-order chi connectivity index (χ1) is 10.5. The van der Waals surface area contributed by atoms with Crippen molar-refractivity contribution in [3.63, 3.8) is 0 Å². The number of H-pyrrole nitrogens is 1. The number of rotatable bonds is 2. The second kappa shape index (κ2) is 5.73. The number of hydrogen-bond donors (Lipinski definition) is 2. The van der Waals surface area contributed by atoms with E-state index in [1.807, 2.05) is 0 Å². The van der Waals surface area contributed by atoms with Crippen molar-refractivity contribution in [1.29, 1.82) is 0 Å². The van der Waals surface area contributed by atoms with Crippen molar-refractivity contribution >= 4 is 38.4 Å². The maximum absolute atomic E-state index is 13.1. The van der Waals surface area contributed by atoms with Gasteiger partial charge in [0.1, 0.15) is 11.4 Å². The zero-order chi connectivity index (χ0) is 15.7. The van der Waals surface area contributed by atoms with Gasteiger partial charge in [0.25, 0.3) is 11.5 Å². The fraction of sp³-hybridized carbons (Fsp3) is 0. The molecule has 2 aromatic carbocycles. The number of hydrogen-bond acceptors (Lipinski definition) is 2. The average Bonchev–Trinajstić information content (AvgIpc) is 2.48. The molecule has 3 rings (SSSR count). The van der Waals surface area contributed by atoms with E-state index in [0.717, 1.165) is 4.47 Å². The minimum Gasteiger partial charge on any atom is -0.322 e. The molecule has 1 amide bonds. The number of anilines is 1. The van der Waals surface area contributed by atoms with Gasteiger partial charge in [0.2, 0.25) is 0 Å². The molecule has 6 heteroatoms. The number of pyridine rings is 1. The summed E-state index contributed by atoms with van der Waals surface area (Å²) >= 11 is 3.30. The van der Waals surface area contributed by atoms with Gasteiger partial charge in [0.15, 0.2) is 0 Å². The van der Waals surface area contributed by atoms with Crippen LogP contribution in [0.2, 0.25) is 0 Å². The lowest BCUT2D eigenvalue weighted by atomic mass is 10.1. The highest BCUT2D eigenvalue weighted by molar-refractivity contribution is 9.10. The summed E-state index contributed by atoms with van der Waals surface area (Å²) in [6.45, 7) is 0. The minimum atomic E-state index is -0.562. The number of carbonyl (C=O) groups excluding carboxylic acids is 1. The maximum Gasteiger partial charge on any atom is 0.261 e. The fourth-order valence-electron chi connectivity index (χ4n) is 2.07. The lowest BCUT2D eigenvalue weighted by molar-refractivity contribution is 0.102. The van der Waals surface area contributed by atoms with Gasteiger partial charge in [-0.15, -0.1) is 0 Å². The molecule has 2 N–H and O–H groups in total. The Morgan fingerprint density at radius 3 is 2.55 bits per heavy atom. The molecule has 4 nitrogen and oxygen atoms in total. The molecule has 0 radical (unpaired) electrons. The van der Waals surface area contributed by atoms with Crippen molar-refractivity contribution in [3.05, 3.63) is 74.7 Å². The molecular formula is C16H10BrFN2O2. The highest BCUT2D eigenvalue weighted by Crippen LogP contribution is 2.16. The number of aromatic amines is 1. The third-order valence-corrected chi connectivity index (χ3v) is 3.68. The van der Waals surface area contributed by atoms with E-state index >= 15 is 0 Å². The van der Waals surface area contributed by atoms with Gasteiger partial charge in [-0.25, -0.2) is 4.39 Å². The number of amides is 1. The van der Waals surface area contributed by atoms with E-state index in [-0.39, 0.29) is 5.56 Å². The van der Waals surface area contributed by atoms with Crippen LogP contribution in [0.5, 0.6) is 0 Å². The Morgan fingerprint density at radius 1 is 1.09 bits per heavy atom. The highest BCUT2D eigenvalue weighted by Gasteiger charge is 2.12. The summed E-state index contributed by atoms with van der Waals surface area (Å²) in [6, 6.07) is 12.4. The van der Waals surface area contributed by atoms with Crippen LogP contribution in [0.4, 0.5) is 10.1 Å². The van der Waals surface area contributed by atoms with Gasteiger partial charge < -0.3 is 10.3 Å². The lowest BCUT2D eigenvalue weighted by Crippen LogP contribution is -2.23. The first-order valence-electron chi connectivity index (χ1n) is 6.42.